The van der Waals surface area contributed by atoms with Crippen molar-refractivity contribution in [2.24, 2.45) is 5.41 Å². The second kappa shape index (κ2) is 7.92. The lowest BCUT2D eigenvalue weighted by molar-refractivity contribution is -0.137. The quantitative estimate of drug-likeness (QED) is 0.716. The highest BCUT2D eigenvalue weighted by molar-refractivity contribution is 6.31. The number of nitrogens with one attached hydrogen (secondary N) is 1. The zero-order valence-corrected chi connectivity index (χ0v) is 17.1. The maximum Gasteiger partial charge on any atom is 0.418 e. The number of ether oxygens (including phenoxy) is 2. The third kappa shape index (κ3) is 4.07. The number of fused-ring (bicyclic) bond motifs is 2. The first-order valence-corrected chi connectivity index (χ1v) is 9.87. The molecule has 2 N–H and O–H groups in total. The fourth-order valence-electron chi connectivity index (χ4n) is 4.27. The zero-order chi connectivity index (χ0) is 22.4. The van der Waals surface area contributed by atoms with E-state index in [0.717, 1.165) is 11.8 Å². The molecule has 4 heterocycles. The molecule has 0 aromatic carbocycles. The Labute approximate surface area is 180 Å². The van der Waals surface area contributed by atoms with Crippen molar-refractivity contribution in [3.63, 3.8) is 0 Å². The number of nitrogens with zero attached hydrogens (tertiary/aromatic N) is 2. The molecule has 2 aliphatic heterocycles. The predicted molar refractivity (Wildman–Crippen MR) is 104 cm³/mol. The molecule has 31 heavy (non-hydrogen) atoms. The van der Waals surface area contributed by atoms with E-state index in [1.54, 1.807) is 18.3 Å². The van der Waals surface area contributed by atoms with Crippen LogP contribution >= 0.6 is 11.6 Å². The largest absolute Gasteiger partial charge is 0.481 e. The van der Waals surface area contributed by atoms with Gasteiger partial charge in [0.05, 0.1) is 41.4 Å². The molecule has 166 valence electrons. The molecule has 1 amide bonds. The van der Waals surface area contributed by atoms with E-state index < -0.39 is 46.4 Å². The van der Waals surface area contributed by atoms with Crippen LogP contribution < -0.4 is 10.1 Å². The number of methoxy groups -OCH3 is 1. The van der Waals surface area contributed by atoms with Crippen molar-refractivity contribution in [3.8, 4) is 5.88 Å². The number of alkyl halides is 3. The molecule has 2 aromatic heterocycles. The molecule has 2 fully saturated rings. The Bertz CT molecular complexity index is 1000. The number of carbonyl (C=O) groups is 1. The number of aromatic nitrogens is 2. The zero-order valence-electron chi connectivity index (χ0n) is 16.3. The lowest BCUT2D eigenvalue weighted by Gasteiger charge is -2.35. The molecule has 2 saturated heterocycles. The molecular weight excluding hydrogens is 439 g/mol. The molecular formula is C20H19ClF3N3O4. The Morgan fingerprint density at radius 3 is 2.81 bits per heavy atom. The van der Waals surface area contributed by atoms with Gasteiger partial charge in [0, 0.05) is 24.9 Å². The summed E-state index contributed by atoms with van der Waals surface area (Å²) in [5.74, 6) is -0.436. The van der Waals surface area contributed by atoms with Gasteiger partial charge in [0.1, 0.15) is 5.82 Å². The number of anilines is 1. The first-order valence-electron chi connectivity index (χ1n) is 9.49. The molecule has 0 unspecified atom stereocenters. The van der Waals surface area contributed by atoms with E-state index in [1.807, 2.05) is 0 Å². The number of amides is 1. The summed E-state index contributed by atoms with van der Waals surface area (Å²) in [6.07, 6.45) is -3.42. The van der Waals surface area contributed by atoms with Crippen LogP contribution in [-0.2, 0) is 22.1 Å². The van der Waals surface area contributed by atoms with Crippen LogP contribution in [0.5, 0.6) is 5.88 Å². The standard InChI is InChI=1S/C20H19ClF3N3O4/c1-30-17-4-10(2-3-25-17)7-19(8-14-13(28)6-15(19)31-14)18(29)27-16-5-11(20(22,23)24)12(21)9-26-16/h2-5,9,13-15,28H,6-8H2,1H3,(H,26,27,29)/t13-,14+,15+,19-/m0/s1. The number of halogens is 4. The van der Waals surface area contributed by atoms with E-state index in [4.69, 9.17) is 21.1 Å². The van der Waals surface area contributed by atoms with Crippen molar-refractivity contribution in [2.75, 3.05) is 12.4 Å². The van der Waals surface area contributed by atoms with Gasteiger partial charge in [-0.3, -0.25) is 4.79 Å². The lowest BCUT2D eigenvalue weighted by Crippen LogP contribution is -2.48. The number of rotatable bonds is 5. The van der Waals surface area contributed by atoms with E-state index in [9.17, 15) is 23.1 Å². The van der Waals surface area contributed by atoms with Gasteiger partial charge in [-0.1, -0.05) is 11.6 Å². The highest BCUT2D eigenvalue weighted by Crippen LogP contribution is 2.50. The Morgan fingerprint density at radius 1 is 1.42 bits per heavy atom. The first-order chi connectivity index (χ1) is 14.6. The third-order valence-electron chi connectivity index (χ3n) is 5.79. The van der Waals surface area contributed by atoms with Gasteiger partial charge < -0.3 is 19.9 Å². The monoisotopic (exact) mass is 457 g/mol. The minimum Gasteiger partial charge on any atom is -0.481 e. The van der Waals surface area contributed by atoms with Crippen molar-refractivity contribution >= 4 is 23.3 Å². The Hall–Kier alpha value is -2.43. The van der Waals surface area contributed by atoms with E-state index in [0.29, 0.717) is 11.9 Å². The van der Waals surface area contributed by atoms with Gasteiger partial charge in [0.15, 0.2) is 0 Å². The fraction of sp³-hybridized carbons (Fsp3) is 0.450. The number of hydrogen-bond donors (Lipinski definition) is 2. The van der Waals surface area contributed by atoms with Crippen LogP contribution in [-0.4, -0.2) is 46.4 Å². The van der Waals surface area contributed by atoms with E-state index in [-0.39, 0.29) is 25.1 Å². The molecule has 0 spiro atoms. The van der Waals surface area contributed by atoms with Crippen molar-refractivity contribution < 1.29 is 32.5 Å². The minimum absolute atomic E-state index is 0.217. The van der Waals surface area contributed by atoms with Gasteiger partial charge in [0.2, 0.25) is 11.8 Å². The second-order valence-corrected chi connectivity index (χ2v) is 8.12. The SMILES string of the molecule is COc1cc(C[C@]2(C(=O)Nc3cc(C(F)(F)F)c(Cl)cn3)C[C@H]3O[C@@H]2C[C@@H]3O)ccn1. The smallest absolute Gasteiger partial charge is 0.418 e. The van der Waals surface area contributed by atoms with Crippen molar-refractivity contribution in [1.82, 2.24) is 9.97 Å². The van der Waals surface area contributed by atoms with Crippen LogP contribution in [0.1, 0.15) is 24.0 Å². The number of carbonyl (C=O) groups excluding carboxylic acids is 1. The minimum atomic E-state index is -4.69. The average Bonchev–Trinajstić information content (AvgIpc) is 3.26. The molecule has 7 nitrogen and oxygen atoms in total. The maximum absolute atomic E-state index is 13.4. The third-order valence-corrected chi connectivity index (χ3v) is 6.09. The highest BCUT2D eigenvalue weighted by Gasteiger charge is 2.60. The van der Waals surface area contributed by atoms with Gasteiger partial charge in [-0.2, -0.15) is 13.2 Å². The van der Waals surface area contributed by atoms with Crippen molar-refractivity contribution in [1.29, 1.82) is 0 Å². The predicted octanol–water partition coefficient (Wildman–Crippen LogP) is 3.25. The topological polar surface area (TPSA) is 93.6 Å². The van der Waals surface area contributed by atoms with Crippen LogP contribution in [0.3, 0.4) is 0 Å². The van der Waals surface area contributed by atoms with E-state index in [1.165, 1.54) is 7.11 Å². The summed E-state index contributed by atoms with van der Waals surface area (Å²) in [7, 11) is 1.47. The molecule has 4 atom stereocenters. The Balaban J connectivity index is 1.64. The first kappa shape index (κ1) is 21.8. The molecule has 0 saturated carbocycles. The van der Waals surface area contributed by atoms with Crippen LogP contribution in [0.4, 0.5) is 19.0 Å². The molecule has 4 rings (SSSR count). The van der Waals surface area contributed by atoms with Crippen LogP contribution in [0, 0.1) is 5.41 Å². The lowest BCUT2D eigenvalue weighted by atomic mass is 9.68. The summed E-state index contributed by atoms with van der Waals surface area (Å²) in [5, 5.41) is 12.0. The Morgan fingerprint density at radius 2 is 2.19 bits per heavy atom. The van der Waals surface area contributed by atoms with Gasteiger partial charge in [-0.25, -0.2) is 9.97 Å². The van der Waals surface area contributed by atoms with E-state index in [2.05, 4.69) is 15.3 Å². The Kier molecular flexibility index (Phi) is 5.57. The number of pyridine rings is 2. The molecule has 0 aliphatic carbocycles. The van der Waals surface area contributed by atoms with Crippen LogP contribution in [0.25, 0.3) is 0 Å². The maximum atomic E-state index is 13.4. The number of hydrogen-bond acceptors (Lipinski definition) is 6. The molecule has 11 heteroatoms. The fourth-order valence-corrected chi connectivity index (χ4v) is 4.48. The van der Waals surface area contributed by atoms with Gasteiger partial charge >= 0.3 is 6.18 Å². The van der Waals surface area contributed by atoms with Gasteiger partial charge in [-0.15, -0.1) is 0 Å². The van der Waals surface area contributed by atoms with Crippen molar-refractivity contribution in [3.05, 3.63) is 46.7 Å². The number of aliphatic hydroxyl groups excluding tert-OH is 1. The summed E-state index contributed by atoms with van der Waals surface area (Å²) in [6, 6.07) is 4.11. The summed E-state index contributed by atoms with van der Waals surface area (Å²) in [5.41, 5.74) is -1.45. The van der Waals surface area contributed by atoms with E-state index >= 15 is 0 Å². The second-order valence-electron chi connectivity index (χ2n) is 7.71. The summed E-state index contributed by atoms with van der Waals surface area (Å²) in [4.78, 5) is 21.2. The average molecular weight is 458 g/mol. The summed E-state index contributed by atoms with van der Waals surface area (Å²) < 4.78 is 50.5. The summed E-state index contributed by atoms with van der Waals surface area (Å²) >= 11 is 5.61. The molecule has 2 bridgehead atoms. The summed E-state index contributed by atoms with van der Waals surface area (Å²) in [6.45, 7) is 0. The van der Waals surface area contributed by atoms with Crippen LogP contribution in [0.15, 0.2) is 30.6 Å². The van der Waals surface area contributed by atoms with Gasteiger partial charge in [-0.05, 0) is 30.5 Å². The molecule has 2 aromatic rings. The van der Waals surface area contributed by atoms with Crippen molar-refractivity contribution in [2.45, 2.75) is 43.8 Å². The normalized spacial score (nSPS) is 27.4. The van der Waals surface area contributed by atoms with Gasteiger partial charge in [0.25, 0.3) is 0 Å². The highest BCUT2D eigenvalue weighted by atomic mass is 35.5. The molecule has 2 aliphatic rings. The van der Waals surface area contributed by atoms with Crippen LogP contribution in [0.2, 0.25) is 5.02 Å². The number of aliphatic hydroxyl groups is 1. The molecule has 0 radical (unpaired) electrons.